The number of aryl methyl sites for hydroxylation is 1. The van der Waals surface area contributed by atoms with Crippen LogP contribution in [0.5, 0.6) is 0 Å². The van der Waals surface area contributed by atoms with E-state index in [1.807, 2.05) is 18.5 Å². The number of hydrogen-bond donors (Lipinski definition) is 2. The Morgan fingerprint density at radius 2 is 1.88 bits per heavy atom. The van der Waals surface area contributed by atoms with Gasteiger partial charge in [-0.2, -0.15) is 5.10 Å². The zero-order chi connectivity index (χ0) is 17.3. The predicted octanol–water partition coefficient (Wildman–Crippen LogP) is 2.95. The van der Waals surface area contributed by atoms with Crippen molar-refractivity contribution in [2.45, 2.75) is 52.0 Å². The number of halogens is 1. The second-order valence-corrected chi connectivity index (χ2v) is 7.27. The number of carbonyl (C=O) groups excluding carboxylic acids is 1. The van der Waals surface area contributed by atoms with Crippen molar-refractivity contribution in [1.82, 2.24) is 15.1 Å². The number of rotatable bonds is 4. The van der Waals surface area contributed by atoms with Crippen LogP contribution >= 0.6 is 12.4 Å². The summed E-state index contributed by atoms with van der Waals surface area (Å²) in [5.74, 6) is -0.130. The van der Waals surface area contributed by atoms with E-state index < -0.39 is 5.54 Å². The van der Waals surface area contributed by atoms with Gasteiger partial charge in [0, 0.05) is 23.3 Å². The number of amides is 1. The standard InChI is InChI=1S/C19H26N4O.ClH/c1-13-8-10-14(11-9-13)23-16-7-5-4-6-15(16)17(22-23)18(24)21-19(2,3)12-20;/h8-11H,4-7,12,20H2,1-3H3,(H,21,24);1H. The Morgan fingerprint density at radius 3 is 2.52 bits per heavy atom. The number of aromatic nitrogens is 2. The number of nitrogens with one attached hydrogen (secondary N) is 1. The zero-order valence-electron chi connectivity index (χ0n) is 15.1. The third-order valence-corrected chi connectivity index (χ3v) is 4.64. The number of fused-ring (bicyclic) bond motifs is 1. The second-order valence-electron chi connectivity index (χ2n) is 7.27. The summed E-state index contributed by atoms with van der Waals surface area (Å²) in [4.78, 5) is 12.7. The quantitative estimate of drug-likeness (QED) is 0.878. The summed E-state index contributed by atoms with van der Waals surface area (Å²) in [6.45, 7) is 6.30. The van der Waals surface area contributed by atoms with Gasteiger partial charge in [-0.1, -0.05) is 17.7 Å². The smallest absolute Gasteiger partial charge is 0.272 e. The maximum absolute atomic E-state index is 12.7. The fourth-order valence-electron chi connectivity index (χ4n) is 3.10. The van der Waals surface area contributed by atoms with E-state index in [0.717, 1.165) is 36.9 Å². The maximum atomic E-state index is 12.7. The van der Waals surface area contributed by atoms with Crippen molar-refractivity contribution in [3.8, 4) is 5.69 Å². The van der Waals surface area contributed by atoms with Gasteiger partial charge in [0.2, 0.25) is 0 Å². The van der Waals surface area contributed by atoms with Gasteiger partial charge in [0.25, 0.3) is 5.91 Å². The first-order valence-corrected chi connectivity index (χ1v) is 8.62. The van der Waals surface area contributed by atoms with Gasteiger partial charge < -0.3 is 11.1 Å². The Morgan fingerprint density at radius 1 is 1.24 bits per heavy atom. The van der Waals surface area contributed by atoms with Gasteiger partial charge >= 0.3 is 0 Å². The highest BCUT2D eigenvalue weighted by molar-refractivity contribution is 5.94. The van der Waals surface area contributed by atoms with Crippen molar-refractivity contribution in [2.75, 3.05) is 6.54 Å². The van der Waals surface area contributed by atoms with Gasteiger partial charge in [0.1, 0.15) is 0 Å². The van der Waals surface area contributed by atoms with Crippen LogP contribution in [0, 0.1) is 6.92 Å². The molecule has 1 aliphatic carbocycles. The van der Waals surface area contributed by atoms with E-state index >= 15 is 0 Å². The molecule has 5 nitrogen and oxygen atoms in total. The summed E-state index contributed by atoms with van der Waals surface area (Å²) in [6, 6.07) is 8.26. The van der Waals surface area contributed by atoms with Gasteiger partial charge in [-0.25, -0.2) is 4.68 Å². The fourth-order valence-corrected chi connectivity index (χ4v) is 3.10. The van der Waals surface area contributed by atoms with Crippen molar-refractivity contribution in [1.29, 1.82) is 0 Å². The number of nitrogens with two attached hydrogens (primary N) is 1. The summed E-state index contributed by atoms with van der Waals surface area (Å²) in [5.41, 5.74) is 10.3. The summed E-state index contributed by atoms with van der Waals surface area (Å²) in [7, 11) is 0. The normalized spacial score (nSPS) is 13.8. The molecule has 1 heterocycles. The van der Waals surface area contributed by atoms with Crippen LogP contribution in [0.15, 0.2) is 24.3 Å². The molecule has 1 aromatic carbocycles. The average molecular weight is 363 g/mol. The summed E-state index contributed by atoms with van der Waals surface area (Å²) >= 11 is 0. The van der Waals surface area contributed by atoms with E-state index in [-0.39, 0.29) is 18.3 Å². The first-order valence-electron chi connectivity index (χ1n) is 8.62. The first kappa shape index (κ1) is 19.5. The van der Waals surface area contributed by atoms with Gasteiger partial charge in [-0.15, -0.1) is 12.4 Å². The van der Waals surface area contributed by atoms with Crippen molar-refractivity contribution in [2.24, 2.45) is 5.73 Å². The molecule has 0 unspecified atom stereocenters. The monoisotopic (exact) mass is 362 g/mol. The lowest BCUT2D eigenvalue weighted by Crippen LogP contribution is -2.49. The first-order chi connectivity index (χ1) is 11.4. The molecule has 3 rings (SSSR count). The second kappa shape index (κ2) is 7.58. The van der Waals surface area contributed by atoms with E-state index in [4.69, 9.17) is 5.73 Å². The molecule has 6 heteroatoms. The molecule has 0 bridgehead atoms. The topological polar surface area (TPSA) is 72.9 Å². The molecular weight excluding hydrogens is 336 g/mol. The largest absolute Gasteiger partial charge is 0.344 e. The van der Waals surface area contributed by atoms with E-state index in [1.165, 1.54) is 11.3 Å². The average Bonchev–Trinajstić information content (AvgIpc) is 2.95. The molecule has 0 fully saturated rings. The molecule has 0 spiro atoms. The van der Waals surface area contributed by atoms with Crippen molar-refractivity contribution in [3.63, 3.8) is 0 Å². The summed E-state index contributed by atoms with van der Waals surface area (Å²) in [5, 5.41) is 7.68. The Bertz CT molecular complexity index is 750. The molecule has 0 saturated carbocycles. The minimum atomic E-state index is -0.438. The van der Waals surface area contributed by atoms with Crippen LogP contribution in [-0.2, 0) is 12.8 Å². The Balaban J connectivity index is 0.00000225. The van der Waals surface area contributed by atoms with E-state index in [9.17, 15) is 4.79 Å². The lowest BCUT2D eigenvalue weighted by Gasteiger charge is -2.24. The molecule has 1 aromatic heterocycles. The molecule has 0 aliphatic heterocycles. The summed E-state index contributed by atoms with van der Waals surface area (Å²) < 4.78 is 1.94. The number of hydrogen-bond acceptors (Lipinski definition) is 3. The SMILES string of the molecule is Cc1ccc(-n2nc(C(=O)NC(C)(C)CN)c3c2CCCC3)cc1.Cl. The van der Waals surface area contributed by atoms with E-state index in [2.05, 4.69) is 41.6 Å². The minimum absolute atomic E-state index is 0. The molecule has 0 atom stereocenters. The Hall–Kier alpha value is -1.85. The highest BCUT2D eigenvalue weighted by atomic mass is 35.5. The van der Waals surface area contributed by atoms with Crippen LogP contribution in [0.2, 0.25) is 0 Å². The van der Waals surface area contributed by atoms with Crippen LogP contribution in [0.1, 0.15) is 54.0 Å². The van der Waals surface area contributed by atoms with Crippen molar-refractivity contribution < 1.29 is 4.79 Å². The molecule has 1 aliphatic rings. The van der Waals surface area contributed by atoms with Gasteiger partial charge in [0.15, 0.2) is 5.69 Å². The third kappa shape index (κ3) is 4.05. The van der Waals surface area contributed by atoms with Crippen molar-refractivity contribution >= 4 is 18.3 Å². The lowest BCUT2D eigenvalue weighted by molar-refractivity contribution is 0.0909. The summed E-state index contributed by atoms with van der Waals surface area (Å²) in [6.07, 6.45) is 4.11. The van der Waals surface area contributed by atoms with Gasteiger partial charge in [-0.05, 0) is 58.6 Å². The zero-order valence-corrected chi connectivity index (χ0v) is 15.9. The van der Waals surface area contributed by atoms with Crippen LogP contribution in [0.4, 0.5) is 0 Å². The van der Waals surface area contributed by atoms with Crippen LogP contribution in [-0.4, -0.2) is 27.8 Å². The number of carbonyl (C=O) groups is 1. The van der Waals surface area contributed by atoms with Crippen LogP contribution < -0.4 is 11.1 Å². The van der Waals surface area contributed by atoms with Crippen LogP contribution in [0.25, 0.3) is 5.69 Å². The molecule has 1 amide bonds. The van der Waals surface area contributed by atoms with Gasteiger partial charge in [-0.3, -0.25) is 4.79 Å². The van der Waals surface area contributed by atoms with Crippen LogP contribution in [0.3, 0.4) is 0 Å². The van der Waals surface area contributed by atoms with E-state index in [0.29, 0.717) is 12.2 Å². The number of nitrogens with zero attached hydrogens (tertiary/aromatic N) is 2. The van der Waals surface area contributed by atoms with E-state index in [1.54, 1.807) is 0 Å². The highest BCUT2D eigenvalue weighted by Gasteiger charge is 2.28. The minimum Gasteiger partial charge on any atom is -0.344 e. The van der Waals surface area contributed by atoms with Crippen molar-refractivity contribution in [3.05, 3.63) is 46.8 Å². The van der Waals surface area contributed by atoms with Gasteiger partial charge in [0.05, 0.1) is 5.69 Å². The Kier molecular flexibility index (Phi) is 5.91. The molecule has 0 saturated heterocycles. The fraction of sp³-hybridized carbons (Fsp3) is 0.474. The number of benzene rings is 1. The maximum Gasteiger partial charge on any atom is 0.272 e. The molecule has 3 N–H and O–H groups in total. The predicted molar refractivity (Wildman–Crippen MR) is 103 cm³/mol. The highest BCUT2D eigenvalue weighted by Crippen LogP contribution is 2.27. The molecule has 2 aromatic rings. The third-order valence-electron chi connectivity index (χ3n) is 4.64. The molecule has 0 radical (unpaired) electrons. The molecule has 25 heavy (non-hydrogen) atoms. The molecular formula is C19H27ClN4O. The lowest BCUT2D eigenvalue weighted by atomic mass is 9.95. The molecule has 136 valence electrons. The Labute approximate surface area is 155 Å².